The van der Waals surface area contributed by atoms with Crippen molar-refractivity contribution in [2.75, 3.05) is 13.1 Å². The number of nitrogens with one attached hydrogen (secondary N) is 1. The van der Waals surface area contributed by atoms with E-state index in [-0.39, 0.29) is 12.1 Å². The van der Waals surface area contributed by atoms with Gasteiger partial charge >= 0.3 is 0 Å². The maximum Gasteiger partial charge on any atom is 0.164 e. The number of rotatable bonds is 0. The van der Waals surface area contributed by atoms with Crippen LogP contribution in [0, 0.1) is 5.92 Å². The second-order valence-electron chi connectivity index (χ2n) is 5.33. The van der Waals surface area contributed by atoms with Crippen LogP contribution in [0.1, 0.15) is 17.5 Å². The van der Waals surface area contributed by atoms with Gasteiger partial charge in [0.25, 0.3) is 0 Å². The van der Waals surface area contributed by atoms with E-state index in [4.69, 9.17) is 0 Å². The minimum Gasteiger partial charge on any atom is -0.354 e. The molecular formula is C15H16N2O. The molecule has 0 saturated carbocycles. The molecule has 18 heavy (non-hydrogen) atoms. The summed E-state index contributed by atoms with van der Waals surface area (Å²) in [6, 6.07) is 8.44. The Hall–Kier alpha value is -1.61. The van der Waals surface area contributed by atoms with Gasteiger partial charge in [-0.3, -0.25) is 10.1 Å². The molecule has 0 spiro atoms. The monoisotopic (exact) mass is 240 g/mol. The Bertz CT molecular complexity index is 549. The molecule has 3 heterocycles. The summed E-state index contributed by atoms with van der Waals surface area (Å²) in [6.07, 6.45) is 4.15. The van der Waals surface area contributed by atoms with Crippen molar-refractivity contribution in [3.63, 3.8) is 0 Å². The number of allylic oxidation sites excluding steroid dienone is 1. The third-order valence-corrected chi connectivity index (χ3v) is 4.39. The van der Waals surface area contributed by atoms with Crippen LogP contribution in [0.4, 0.5) is 0 Å². The fraction of sp³-hybridized carbons (Fsp3) is 0.400. The minimum absolute atomic E-state index is 0.166. The first-order chi connectivity index (χ1) is 8.84. The van der Waals surface area contributed by atoms with E-state index in [1.54, 1.807) is 0 Å². The Morgan fingerprint density at radius 1 is 1.28 bits per heavy atom. The predicted molar refractivity (Wildman–Crippen MR) is 69.7 cm³/mol. The van der Waals surface area contributed by atoms with Gasteiger partial charge < -0.3 is 4.90 Å². The lowest BCUT2D eigenvalue weighted by Crippen LogP contribution is -2.51. The van der Waals surface area contributed by atoms with Crippen LogP contribution < -0.4 is 5.32 Å². The van der Waals surface area contributed by atoms with Gasteiger partial charge in [-0.2, -0.15) is 0 Å². The van der Waals surface area contributed by atoms with Gasteiger partial charge in [-0.15, -0.1) is 0 Å². The Labute approximate surface area is 106 Å². The highest BCUT2D eigenvalue weighted by molar-refractivity contribution is 6.00. The topological polar surface area (TPSA) is 32.3 Å². The molecule has 1 saturated heterocycles. The summed E-state index contributed by atoms with van der Waals surface area (Å²) in [5.41, 5.74) is 3.73. The van der Waals surface area contributed by atoms with Crippen LogP contribution in [0.5, 0.6) is 0 Å². The van der Waals surface area contributed by atoms with Crippen molar-refractivity contribution in [1.29, 1.82) is 0 Å². The maximum absolute atomic E-state index is 12.2. The average Bonchev–Trinajstić information content (AvgIpc) is 2.89. The molecule has 2 atom stereocenters. The maximum atomic E-state index is 12.2. The van der Waals surface area contributed by atoms with Gasteiger partial charge in [0.1, 0.15) is 0 Å². The van der Waals surface area contributed by atoms with E-state index in [0.29, 0.717) is 5.78 Å². The average molecular weight is 240 g/mol. The number of carbonyl (C=O) groups excluding carboxylic acids is 1. The number of fused-ring (bicyclic) bond motifs is 5. The second kappa shape index (κ2) is 3.69. The number of carbonyl (C=O) groups is 1. The van der Waals surface area contributed by atoms with E-state index in [1.807, 2.05) is 6.08 Å². The summed E-state index contributed by atoms with van der Waals surface area (Å²) >= 11 is 0. The molecule has 3 heteroatoms. The van der Waals surface area contributed by atoms with Crippen LogP contribution >= 0.6 is 0 Å². The van der Waals surface area contributed by atoms with Gasteiger partial charge in [0.05, 0.1) is 12.1 Å². The molecule has 4 rings (SSSR count). The first kappa shape index (κ1) is 10.3. The van der Waals surface area contributed by atoms with Gasteiger partial charge in [0.2, 0.25) is 0 Å². The highest BCUT2D eigenvalue weighted by Gasteiger charge is 2.41. The molecule has 2 unspecified atom stereocenters. The number of nitrogens with zero attached hydrogens (tertiary/aromatic N) is 1. The van der Waals surface area contributed by atoms with Crippen molar-refractivity contribution in [2.24, 2.45) is 5.92 Å². The molecule has 0 bridgehead atoms. The molecule has 0 radical (unpaired) electrons. The van der Waals surface area contributed by atoms with Crippen LogP contribution in [0.25, 0.3) is 5.70 Å². The summed E-state index contributed by atoms with van der Waals surface area (Å²) in [7, 11) is 0. The first-order valence-electron chi connectivity index (χ1n) is 6.68. The Balaban J connectivity index is 1.85. The number of ketones is 1. The van der Waals surface area contributed by atoms with Gasteiger partial charge in [0, 0.05) is 23.9 Å². The fourth-order valence-electron chi connectivity index (χ4n) is 3.51. The Morgan fingerprint density at radius 3 is 3.11 bits per heavy atom. The standard InChI is InChI=1S/C15H16N2O/c18-14-9-13-11-4-2-1-3-10(11)6-8-17(13)15-12(14)5-7-16-15/h1-4,9,12,15-16H,5-8H2. The summed E-state index contributed by atoms with van der Waals surface area (Å²) in [5, 5.41) is 3.48. The van der Waals surface area contributed by atoms with E-state index >= 15 is 0 Å². The van der Waals surface area contributed by atoms with Crippen molar-refractivity contribution in [1.82, 2.24) is 10.2 Å². The molecule has 1 N–H and O–H groups in total. The van der Waals surface area contributed by atoms with Crippen molar-refractivity contribution in [3.05, 3.63) is 41.5 Å². The zero-order valence-electron chi connectivity index (χ0n) is 10.2. The highest BCUT2D eigenvalue weighted by Crippen LogP contribution is 2.37. The number of benzene rings is 1. The SMILES string of the molecule is O=C1C=C2c3ccccc3CCN2C2NCCC12. The molecule has 3 aliphatic heterocycles. The second-order valence-corrected chi connectivity index (χ2v) is 5.33. The molecule has 0 aliphatic carbocycles. The Kier molecular flexibility index (Phi) is 2.12. The van der Waals surface area contributed by atoms with Crippen molar-refractivity contribution in [2.45, 2.75) is 19.0 Å². The third kappa shape index (κ3) is 1.31. The van der Waals surface area contributed by atoms with Crippen LogP contribution in [-0.2, 0) is 11.2 Å². The quantitative estimate of drug-likeness (QED) is 0.744. The lowest BCUT2D eigenvalue weighted by molar-refractivity contribution is -0.120. The lowest BCUT2D eigenvalue weighted by Gasteiger charge is -2.42. The van der Waals surface area contributed by atoms with E-state index < -0.39 is 0 Å². The zero-order valence-corrected chi connectivity index (χ0v) is 10.2. The van der Waals surface area contributed by atoms with Gasteiger partial charge in [-0.25, -0.2) is 0 Å². The van der Waals surface area contributed by atoms with E-state index in [0.717, 1.165) is 31.6 Å². The van der Waals surface area contributed by atoms with Crippen LogP contribution in [0.15, 0.2) is 30.3 Å². The number of hydrogen-bond acceptors (Lipinski definition) is 3. The Morgan fingerprint density at radius 2 is 2.17 bits per heavy atom. The fourth-order valence-corrected chi connectivity index (χ4v) is 3.51. The summed E-state index contributed by atoms with van der Waals surface area (Å²) < 4.78 is 0. The summed E-state index contributed by atoms with van der Waals surface area (Å²) in [6.45, 7) is 1.98. The third-order valence-electron chi connectivity index (χ3n) is 4.39. The number of hydrogen-bond donors (Lipinski definition) is 1. The largest absolute Gasteiger partial charge is 0.354 e. The zero-order chi connectivity index (χ0) is 12.1. The first-order valence-corrected chi connectivity index (χ1v) is 6.68. The normalized spacial score (nSPS) is 29.4. The molecular weight excluding hydrogens is 224 g/mol. The van der Waals surface area contributed by atoms with Crippen LogP contribution in [-0.4, -0.2) is 29.9 Å². The molecule has 1 aromatic carbocycles. The smallest absolute Gasteiger partial charge is 0.164 e. The van der Waals surface area contributed by atoms with Crippen molar-refractivity contribution < 1.29 is 4.79 Å². The highest BCUT2D eigenvalue weighted by atomic mass is 16.1. The molecule has 1 aromatic rings. The molecule has 3 nitrogen and oxygen atoms in total. The van der Waals surface area contributed by atoms with Gasteiger partial charge in [0.15, 0.2) is 5.78 Å². The van der Waals surface area contributed by atoms with Crippen molar-refractivity contribution in [3.8, 4) is 0 Å². The molecule has 0 amide bonds. The molecule has 3 aliphatic rings. The van der Waals surface area contributed by atoms with Crippen molar-refractivity contribution >= 4 is 11.5 Å². The molecule has 1 fully saturated rings. The summed E-state index contributed by atoms with van der Waals surface area (Å²) in [4.78, 5) is 14.6. The molecule has 92 valence electrons. The molecule has 0 aromatic heterocycles. The minimum atomic E-state index is 0.166. The van der Waals surface area contributed by atoms with Gasteiger partial charge in [-0.05, 0) is 24.9 Å². The van der Waals surface area contributed by atoms with E-state index in [2.05, 4.69) is 34.5 Å². The van der Waals surface area contributed by atoms with Gasteiger partial charge in [-0.1, -0.05) is 24.3 Å². The predicted octanol–water partition coefficient (Wildman–Crippen LogP) is 1.40. The lowest BCUT2D eigenvalue weighted by atomic mass is 9.87. The van der Waals surface area contributed by atoms with Crippen LogP contribution in [0.3, 0.4) is 0 Å². The summed E-state index contributed by atoms with van der Waals surface area (Å²) in [5.74, 6) is 0.465. The van der Waals surface area contributed by atoms with E-state index in [9.17, 15) is 4.79 Å². The van der Waals surface area contributed by atoms with Crippen LogP contribution in [0.2, 0.25) is 0 Å². The van der Waals surface area contributed by atoms with E-state index in [1.165, 1.54) is 11.1 Å².